The van der Waals surface area contributed by atoms with Crippen molar-refractivity contribution in [2.45, 2.75) is 32.2 Å². The van der Waals surface area contributed by atoms with Gasteiger partial charge in [-0.2, -0.15) is 4.99 Å². The predicted octanol–water partition coefficient (Wildman–Crippen LogP) is 3.65. The topological polar surface area (TPSA) is 34.4 Å². The summed E-state index contributed by atoms with van der Waals surface area (Å²) in [6.07, 6.45) is 5.73. The molecule has 1 aliphatic carbocycles. The van der Waals surface area contributed by atoms with E-state index in [9.17, 15) is 9.18 Å². The molecule has 21 heavy (non-hydrogen) atoms. The van der Waals surface area contributed by atoms with Gasteiger partial charge in [0.05, 0.1) is 10.2 Å². The first kappa shape index (κ1) is 14.2. The van der Waals surface area contributed by atoms with E-state index in [0.717, 1.165) is 30.4 Å². The van der Waals surface area contributed by atoms with E-state index in [4.69, 9.17) is 0 Å². The third-order valence-corrected chi connectivity index (χ3v) is 4.92. The first-order chi connectivity index (χ1) is 10.2. The minimum Gasteiger partial charge on any atom is -0.310 e. The van der Waals surface area contributed by atoms with E-state index in [2.05, 4.69) is 11.6 Å². The number of amides is 1. The van der Waals surface area contributed by atoms with E-state index in [0.29, 0.717) is 16.9 Å². The number of aromatic nitrogens is 1. The molecule has 1 saturated carbocycles. The van der Waals surface area contributed by atoms with Crippen molar-refractivity contribution in [1.82, 2.24) is 4.57 Å². The standard InChI is InChI=1S/C16H17FN2OS/c1-2-10-19-14-12(17)8-5-9-13(14)21-16(19)18-15(20)11-6-3-4-7-11/h2,5,8-9,11H,1,3-4,6-7,10H2. The fourth-order valence-electron chi connectivity index (χ4n) is 2.83. The van der Waals surface area contributed by atoms with E-state index in [-0.39, 0.29) is 17.6 Å². The molecule has 0 bridgehead atoms. The van der Waals surface area contributed by atoms with Crippen LogP contribution in [0.25, 0.3) is 10.2 Å². The molecule has 0 radical (unpaired) electrons. The molecule has 1 heterocycles. The van der Waals surface area contributed by atoms with Gasteiger partial charge in [-0.15, -0.1) is 6.58 Å². The number of fused-ring (bicyclic) bond motifs is 1. The van der Waals surface area contributed by atoms with Gasteiger partial charge in [-0.25, -0.2) is 4.39 Å². The Bertz CT molecular complexity index is 753. The van der Waals surface area contributed by atoms with Crippen LogP contribution in [0.15, 0.2) is 35.8 Å². The molecule has 2 aromatic rings. The predicted molar refractivity (Wildman–Crippen MR) is 82.5 cm³/mol. The molecule has 1 aliphatic rings. The lowest BCUT2D eigenvalue weighted by molar-refractivity contribution is -0.121. The van der Waals surface area contributed by atoms with Gasteiger partial charge in [0.2, 0.25) is 0 Å². The summed E-state index contributed by atoms with van der Waals surface area (Å²) in [7, 11) is 0. The second-order valence-electron chi connectivity index (χ2n) is 5.30. The molecule has 1 amide bonds. The summed E-state index contributed by atoms with van der Waals surface area (Å²) in [5.74, 6) is -0.324. The van der Waals surface area contributed by atoms with Gasteiger partial charge in [-0.3, -0.25) is 4.79 Å². The molecule has 110 valence electrons. The Kier molecular flexibility index (Phi) is 4.01. The molecular weight excluding hydrogens is 287 g/mol. The fraction of sp³-hybridized carbons (Fsp3) is 0.375. The normalized spacial score (nSPS) is 16.7. The maximum atomic E-state index is 14.0. The minimum absolute atomic E-state index is 0.0391. The number of benzene rings is 1. The molecule has 5 heteroatoms. The van der Waals surface area contributed by atoms with Crippen LogP contribution in [0.1, 0.15) is 25.7 Å². The molecule has 0 aliphatic heterocycles. The lowest BCUT2D eigenvalue weighted by Crippen LogP contribution is -2.19. The van der Waals surface area contributed by atoms with Crippen LogP contribution >= 0.6 is 11.3 Å². The summed E-state index contributed by atoms with van der Waals surface area (Å²) >= 11 is 1.35. The first-order valence-corrected chi connectivity index (χ1v) is 7.99. The van der Waals surface area contributed by atoms with Gasteiger partial charge in [0.1, 0.15) is 5.82 Å². The third kappa shape index (κ3) is 2.70. The van der Waals surface area contributed by atoms with E-state index in [1.54, 1.807) is 16.7 Å². The van der Waals surface area contributed by atoms with Crippen molar-refractivity contribution in [2.24, 2.45) is 10.9 Å². The van der Waals surface area contributed by atoms with E-state index in [1.807, 2.05) is 6.07 Å². The Morgan fingerprint density at radius 3 is 2.95 bits per heavy atom. The van der Waals surface area contributed by atoms with E-state index in [1.165, 1.54) is 17.4 Å². The van der Waals surface area contributed by atoms with Crippen LogP contribution in [-0.4, -0.2) is 10.5 Å². The molecule has 1 fully saturated rings. The molecule has 1 aromatic heterocycles. The van der Waals surface area contributed by atoms with Crippen molar-refractivity contribution in [3.05, 3.63) is 41.5 Å². The Balaban J connectivity index is 2.12. The maximum absolute atomic E-state index is 14.0. The van der Waals surface area contributed by atoms with Gasteiger partial charge in [-0.1, -0.05) is 36.3 Å². The fourth-order valence-corrected chi connectivity index (χ4v) is 3.89. The monoisotopic (exact) mass is 304 g/mol. The zero-order valence-electron chi connectivity index (χ0n) is 11.7. The number of thiazole rings is 1. The summed E-state index contributed by atoms with van der Waals surface area (Å²) in [4.78, 5) is 17.1. The van der Waals surface area contributed by atoms with Crippen LogP contribution < -0.4 is 4.80 Å². The van der Waals surface area contributed by atoms with Crippen LogP contribution in [0.4, 0.5) is 4.39 Å². The van der Waals surface area contributed by atoms with Crippen molar-refractivity contribution in [3.8, 4) is 0 Å². The molecule has 0 unspecified atom stereocenters. The highest BCUT2D eigenvalue weighted by Crippen LogP contribution is 2.26. The maximum Gasteiger partial charge on any atom is 0.251 e. The Labute approximate surface area is 126 Å². The highest BCUT2D eigenvalue weighted by molar-refractivity contribution is 7.16. The number of rotatable bonds is 3. The average Bonchev–Trinajstić information content (AvgIpc) is 3.09. The number of carbonyl (C=O) groups excluding carboxylic acids is 1. The molecule has 0 atom stereocenters. The number of hydrogen-bond acceptors (Lipinski definition) is 2. The molecular formula is C16H17FN2OS. The molecule has 3 rings (SSSR count). The van der Waals surface area contributed by atoms with Crippen LogP contribution in [-0.2, 0) is 11.3 Å². The van der Waals surface area contributed by atoms with Gasteiger partial charge in [0.25, 0.3) is 5.91 Å². The van der Waals surface area contributed by atoms with Gasteiger partial charge in [-0.05, 0) is 25.0 Å². The van der Waals surface area contributed by atoms with Crippen molar-refractivity contribution in [2.75, 3.05) is 0 Å². The highest BCUT2D eigenvalue weighted by Gasteiger charge is 2.22. The smallest absolute Gasteiger partial charge is 0.251 e. The number of halogens is 1. The first-order valence-electron chi connectivity index (χ1n) is 7.18. The molecule has 1 aromatic carbocycles. The van der Waals surface area contributed by atoms with Crippen molar-refractivity contribution in [3.63, 3.8) is 0 Å². The number of hydrogen-bond donors (Lipinski definition) is 0. The van der Waals surface area contributed by atoms with Crippen molar-refractivity contribution < 1.29 is 9.18 Å². The van der Waals surface area contributed by atoms with E-state index >= 15 is 0 Å². The van der Waals surface area contributed by atoms with Crippen LogP contribution in [0.3, 0.4) is 0 Å². The van der Waals surface area contributed by atoms with Crippen LogP contribution in [0, 0.1) is 11.7 Å². The Morgan fingerprint density at radius 2 is 2.24 bits per heavy atom. The quantitative estimate of drug-likeness (QED) is 0.797. The van der Waals surface area contributed by atoms with E-state index < -0.39 is 0 Å². The Hall–Kier alpha value is -1.75. The minimum atomic E-state index is -0.291. The summed E-state index contributed by atoms with van der Waals surface area (Å²) < 4.78 is 16.6. The highest BCUT2D eigenvalue weighted by atomic mass is 32.1. The van der Waals surface area contributed by atoms with Crippen LogP contribution in [0.5, 0.6) is 0 Å². The average molecular weight is 304 g/mol. The van der Waals surface area contributed by atoms with Crippen LogP contribution in [0.2, 0.25) is 0 Å². The molecule has 3 nitrogen and oxygen atoms in total. The summed E-state index contributed by atoms with van der Waals surface area (Å²) in [5.41, 5.74) is 0.500. The zero-order chi connectivity index (χ0) is 14.8. The zero-order valence-corrected chi connectivity index (χ0v) is 12.5. The number of carbonyl (C=O) groups is 1. The lowest BCUT2D eigenvalue weighted by atomic mass is 10.1. The molecule has 0 saturated heterocycles. The van der Waals surface area contributed by atoms with Gasteiger partial charge < -0.3 is 4.57 Å². The summed E-state index contributed by atoms with van der Waals surface area (Å²) in [5, 5.41) is 0. The largest absolute Gasteiger partial charge is 0.310 e. The summed E-state index contributed by atoms with van der Waals surface area (Å²) in [6, 6.07) is 4.95. The molecule has 0 N–H and O–H groups in total. The lowest BCUT2D eigenvalue weighted by Gasteiger charge is -2.03. The van der Waals surface area contributed by atoms with Gasteiger partial charge in [0.15, 0.2) is 4.80 Å². The SMILES string of the molecule is C=CCn1c(=NC(=O)C2CCCC2)sc2cccc(F)c21. The summed E-state index contributed by atoms with van der Waals surface area (Å²) in [6.45, 7) is 4.15. The second-order valence-corrected chi connectivity index (χ2v) is 6.31. The number of nitrogens with zero attached hydrogens (tertiary/aromatic N) is 2. The third-order valence-electron chi connectivity index (χ3n) is 3.87. The molecule has 0 spiro atoms. The van der Waals surface area contributed by atoms with Crippen molar-refractivity contribution >= 4 is 27.5 Å². The number of para-hydroxylation sites is 1. The van der Waals surface area contributed by atoms with Gasteiger partial charge >= 0.3 is 0 Å². The Morgan fingerprint density at radius 1 is 1.48 bits per heavy atom. The van der Waals surface area contributed by atoms with Gasteiger partial charge in [0, 0.05) is 12.5 Å². The van der Waals surface area contributed by atoms with Crippen molar-refractivity contribution in [1.29, 1.82) is 0 Å². The number of allylic oxidation sites excluding steroid dienone is 1. The second kappa shape index (κ2) is 5.93.